The van der Waals surface area contributed by atoms with Gasteiger partial charge in [-0.15, -0.1) is 0 Å². The van der Waals surface area contributed by atoms with E-state index in [0.717, 1.165) is 31.4 Å². The van der Waals surface area contributed by atoms with E-state index in [2.05, 4.69) is 12.2 Å². The maximum Gasteiger partial charge on any atom is 0.230 e. The molecule has 1 aromatic carbocycles. The van der Waals surface area contributed by atoms with Gasteiger partial charge in [-0.1, -0.05) is 26.2 Å². The van der Waals surface area contributed by atoms with E-state index in [9.17, 15) is 4.79 Å². The number of hydrogen-bond acceptors (Lipinski definition) is 2. The smallest absolute Gasteiger partial charge is 0.230 e. The lowest BCUT2D eigenvalue weighted by Gasteiger charge is -2.32. The Morgan fingerprint density at radius 3 is 2.35 bits per heavy atom. The quantitative estimate of drug-likeness (QED) is 0.769. The normalized spacial score (nSPS) is 18.6. The summed E-state index contributed by atoms with van der Waals surface area (Å²) in [6, 6.07) is 7.30. The second-order valence-electron chi connectivity index (χ2n) is 5.20. The number of carbonyl (C=O) groups is 1. The van der Waals surface area contributed by atoms with Gasteiger partial charge in [0.15, 0.2) is 0 Å². The Bertz CT molecular complexity index is 391. The maximum absolute atomic E-state index is 12.2. The molecule has 1 amide bonds. The summed E-state index contributed by atoms with van der Waals surface area (Å²) in [5, 5.41) is 2.98. The Morgan fingerprint density at radius 2 is 1.76 bits per heavy atom. The average molecular weight is 232 g/mol. The molecule has 2 rings (SSSR count). The highest BCUT2D eigenvalue weighted by Crippen LogP contribution is 2.36. The van der Waals surface area contributed by atoms with Crippen molar-refractivity contribution in [3.8, 4) is 0 Å². The summed E-state index contributed by atoms with van der Waals surface area (Å²) in [6.45, 7) is 2.07. The lowest BCUT2D eigenvalue weighted by molar-refractivity contribution is -0.126. The first-order valence-electron chi connectivity index (χ1n) is 6.27. The average Bonchev–Trinajstić information content (AvgIpc) is 2.33. The molecule has 0 spiro atoms. The van der Waals surface area contributed by atoms with Crippen molar-refractivity contribution in [3.05, 3.63) is 24.3 Å². The molecule has 1 aliphatic carbocycles. The van der Waals surface area contributed by atoms with Gasteiger partial charge in [0.2, 0.25) is 5.91 Å². The molecule has 17 heavy (non-hydrogen) atoms. The van der Waals surface area contributed by atoms with E-state index in [1.165, 1.54) is 6.42 Å². The van der Waals surface area contributed by atoms with E-state index in [1.807, 2.05) is 12.1 Å². The first-order valence-corrected chi connectivity index (χ1v) is 6.27. The maximum atomic E-state index is 12.2. The summed E-state index contributed by atoms with van der Waals surface area (Å²) >= 11 is 0. The number of hydrogen-bond donors (Lipinski definition) is 2. The van der Waals surface area contributed by atoms with Crippen molar-refractivity contribution in [2.75, 3.05) is 11.1 Å². The summed E-state index contributed by atoms with van der Waals surface area (Å²) in [5.74, 6) is 0.141. The zero-order chi connectivity index (χ0) is 12.3. The Hall–Kier alpha value is -1.51. The van der Waals surface area contributed by atoms with E-state index in [0.29, 0.717) is 5.69 Å². The monoisotopic (exact) mass is 232 g/mol. The zero-order valence-electron chi connectivity index (χ0n) is 10.3. The van der Waals surface area contributed by atoms with Gasteiger partial charge in [0, 0.05) is 16.8 Å². The molecular weight excluding hydrogens is 212 g/mol. The van der Waals surface area contributed by atoms with Crippen LogP contribution in [0.3, 0.4) is 0 Å². The third-order valence-electron chi connectivity index (χ3n) is 3.67. The summed E-state index contributed by atoms with van der Waals surface area (Å²) in [6.07, 6.45) is 5.56. The summed E-state index contributed by atoms with van der Waals surface area (Å²) in [5.41, 5.74) is 6.96. The number of amides is 1. The lowest BCUT2D eigenvalue weighted by atomic mass is 9.75. The van der Waals surface area contributed by atoms with Gasteiger partial charge in [-0.2, -0.15) is 0 Å². The Kier molecular flexibility index (Phi) is 3.36. The van der Waals surface area contributed by atoms with E-state index >= 15 is 0 Å². The molecule has 1 aliphatic rings. The molecule has 0 bridgehead atoms. The van der Waals surface area contributed by atoms with Gasteiger partial charge >= 0.3 is 0 Å². The number of anilines is 2. The molecule has 0 saturated heterocycles. The minimum Gasteiger partial charge on any atom is -0.399 e. The molecule has 92 valence electrons. The third kappa shape index (κ3) is 2.78. The van der Waals surface area contributed by atoms with Crippen LogP contribution in [-0.2, 0) is 4.79 Å². The van der Waals surface area contributed by atoms with E-state index in [1.54, 1.807) is 12.1 Å². The number of nitrogens with two attached hydrogens (primary N) is 1. The summed E-state index contributed by atoms with van der Waals surface area (Å²) in [4.78, 5) is 12.2. The number of carbonyl (C=O) groups excluding carboxylic acids is 1. The van der Waals surface area contributed by atoms with E-state index < -0.39 is 0 Å². The lowest BCUT2D eigenvalue weighted by Crippen LogP contribution is -2.35. The molecule has 1 saturated carbocycles. The van der Waals surface area contributed by atoms with Gasteiger partial charge in [0.25, 0.3) is 0 Å². The molecule has 3 nitrogen and oxygen atoms in total. The number of benzene rings is 1. The molecule has 0 heterocycles. The van der Waals surface area contributed by atoms with Gasteiger partial charge < -0.3 is 11.1 Å². The second kappa shape index (κ2) is 4.78. The predicted molar refractivity (Wildman–Crippen MR) is 70.7 cm³/mol. The first-order chi connectivity index (χ1) is 8.10. The fraction of sp³-hybridized carbons (Fsp3) is 0.500. The number of rotatable bonds is 2. The minimum absolute atomic E-state index is 0.141. The third-order valence-corrected chi connectivity index (χ3v) is 3.67. The largest absolute Gasteiger partial charge is 0.399 e. The summed E-state index contributed by atoms with van der Waals surface area (Å²) in [7, 11) is 0. The van der Waals surface area contributed by atoms with Gasteiger partial charge in [0.05, 0.1) is 0 Å². The highest BCUT2D eigenvalue weighted by Gasteiger charge is 2.34. The molecule has 0 atom stereocenters. The van der Waals surface area contributed by atoms with Crippen LogP contribution in [0.2, 0.25) is 0 Å². The Balaban J connectivity index is 2.03. The van der Waals surface area contributed by atoms with Crippen molar-refractivity contribution in [3.63, 3.8) is 0 Å². The van der Waals surface area contributed by atoms with Crippen LogP contribution in [0.4, 0.5) is 11.4 Å². The fourth-order valence-electron chi connectivity index (χ4n) is 2.41. The molecule has 0 aliphatic heterocycles. The van der Waals surface area contributed by atoms with Crippen LogP contribution in [0.25, 0.3) is 0 Å². The molecule has 0 aromatic heterocycles. The van der Waals surface area contributed by atoms with Gasteiger partial charge in [-0.25, -0.2) is 0 Å². The van der Waals surface area contributed by atoms with Crippen LogP contribution >= 0.6 is 0 Å². The predicted octanol–water partition coefficient (Wildman–Crippen LogP) is 3.18. The molecule has 0 unspecified atom stereocenters. The van der Waals surface area contributed by atoms with Crippen molar-refractivity contribution in [2.24, 2.45) is 5.41 Å². The van der Waals surface area contributed by atoms with Crippen LogP contribution in [0.15, 0.2) is 24.3 Å². The van der Waals surface area contributed by atoms with Crippen molar-refractivity contribution in [2.45, 2.75) is 39.0 Å². The van der Waals surface area contributed by atoms with Gasteiger partial charge in [0.1, 0.15) is 0 Å². The number of nitrogen functional groups attached to an aromatic ring is 1. The zero-order valence-corrected chi connectivity index (χ0v) is 10.3. The first kappa shape index (κ1) is 12.0. The van der Waals surface area contributed by atoms with Crippen molar-refractivity contribution in [1.82, 2.24) is 0 Å². The number of nitrogens with one attached hydrogen (secondary N) is 1. The molecule has 1 fully saturated rings. The van der Waals surface area contributed by atoms with Crippen LogP contribution in [0, 0.1) is 5.41 Å². The minimum atomic E-state index is -0.195. The van der Waals surface area contributed by atoms with Crippen LogP contribution < -0.4 is 11.1 Å². The highest BCUT2D eigenvalue weighted by atomic mass is 16.2. The van der Waals surface area contributed by atoms with E-state index in [-0.39, 0.29) is 11.3 Å². The van der Waals surface area contributed by atoms with Crippen molar-refractivity contribution < 1.29 is 4.79 Å². The highest BCUT2D eigenvalue weighted by molar-refractivity contribution is 5.95. The van der Waals surface area contributed by atoms with Gasteiger partial charge in [-0.3, -0.25) is 4.79 Å². The van der Waals surface area contributed by atoms with Crippen molar-refractivity contribution in [1.29, 1.82) is 0 Å². The Morgan fingerprint density at radius 1 is 1.18 bits per heavy atom. The molecular formula is C14H20N2O. The van der Waals surface area contributed by atoms with Crippen molar-refractivity contribution >= 4 is 17.3 Å². The standard InChI is InChI=1S/C14H20N2O/c1-14(9-3-2-4-10-14)13(17)16-12-7-5-11(15)6-8-12/h5-8H,2-4,9-10,15H2,1H3,(H,16,17). The topological polar surface area (TPSA) is 55.1 Å². The van der Waals surface area contributed by atoms with Crippen LogP contribution in [-0.4, -0.2) is 5.91 Å². The van der Waals surface area contributed by atoms with Crippen LogP contribution in [0.5, 0.6) is 0 Å². The fourth-order valence-corrected chi connectivity index (χ4v) is 2.41. The Labute approximate surface area is 102 Å². The van der Waals surface area contributed by atoms with Crippen LogP contribution in [0.1, 0.15) is 39.0 Å². The van der Waals surface area contributed by atoms with Gasteiger partial charge in [-0.05, 0) is 37.1 Å². The molecule has 3 N–H and O–H groups in total. The summed E-state index contributed by atoms with van der Waals surface area (Å²) < 4.78 is 0. The molecule has 1 aromatic rings. The second-order valence-corrected chi connectivity index (χ2v) is 5.20. The SMILES string of the molecule is CC1(C(=O)Nc2ccc(N)cc2)CCCCC1. The van der Waals surface area contributed by atoms with E-state index in [4.69, 9.17) is 5.73 Å². The molecule has 3 heteroatoms. The molecule has 0 radical (unpaired) electrons.